The number of piperazine rings is 1. The highest BCUT2D eigenvalue weighted by atomic mass is 16.2. The predicted molar refractivity (Wildman–Crippen MR) is 76.7 cm³/mol. The van der Waals surface area contributed by atoms with Crippen molar-refractivity contribution < 1.29 is 9.59 Å². The van der Waals surface area contributed by atoms with Crippen molar-refractivity contribution in [2.24, 2.45) is 5.41 Å². The van der Waals surface area contributed by atoms with E-state index in [4.69, 9.17) is 0 Å². The van der Waals surface area contributed by atoms with Crippen LogP contribution in [-0.2, 0) is 9.59 Å². The Balaban J connectivity index is 2.93. The van der Waals surface area contributed by atoms with Crippen molar-refractivity contribution in [1.29, 1.82) is 0 Å². The lowest BCUT2D eigenvalue weighted by Gasteiger charge is -2.44. The molecule has 1 aliphatic heterocycles. The first-order valence-corrected chi connectivity index (χ1v) is 7.32. The zero-order valence-corrected chi connectivity index (χ0v) is 13.1. The first-order valence-electron chi connectivity index (χ1n) is 7.32. The summed E-state index contributed by atoms with van der Waals surface area (Å²) in [6.45, 7) is 12.0. The second-order valence-corrected chi connectivity index (χ2v) is 6.72. The molecule has 0 aliphatic carbocycles. The SMILES string of the molecule is CCCCC(C)N1C(=O)C(C(C)(C)C)NC(=O)C1C. The van der Waals surface area contributed by atoms with Gasteiger partial charge < -0.3 is 10.2 Å². The Hall–Kier alpha value is -1.06. The monoisotopic (exact) mass is 268 g/mol. The fourth-order valence-electron chi connectivity index (χ4n) is 2.62. The minimum absolute atomic E-state index is 0.0390. The maximum absolute atomic E-state index is 12.6. The minimum atomic E-state index is -0.416. The molecule has 3 atom stereocenters. The Kier molecular flexibility index (Phi) is 4.99. The molecule has 0 aromatic carbocycles. The molecule has 0 radical (unpaired) electrons. The van der Waals surface area contributed by atoms with Gasteiger partial charge in [-0.3, -0.25) is 9.59 Å². The second kappa shape index (κ2) is 5.93. The van der Waals surface area contributed by atoms with E-state index in [-0.39, 0.29) is 29.3 Å². The highest BCUT2D eigenvalue weighted by Crippen LogP contribution is 2.27. The minimum Gasteiger partial charge on any atom is -0.342 e. The normalized spacial score (nSPS) is 26.3. The molecule has 3 unspecified atom stereocenters. The second-order valence-electron chi connectivity index (χ2n) is 6.72. The van der Waals surface area contributed by atoms with Gasteiger partial charge in [0.2, 0.25) is 11.8 Å². The number of unbranched alkanes of at least 4 members (excludes halogenated alkanes) is 1. The molecule has 2 amide bonds. The summed E-state index contributed by atoms with van der Waals surface area (Å²) in [5.41, 5.74) is -0.254. The van der Waals surface area contributed by atoms with Crippen molar-refractivity contribution in [1.82, 2.24) is 10.2 Å². The third-order valence-electron chi connectivity index (χ3n) is 3.90. The van der Waals surface area contributed by atoms with Crippen LogP contribution in [0.1, 0.15) is 60.8 Å². The summed E-state index contributed by atoms with van der Waals surface area (Å²) in [6, 6.07) is -0.656. The van der Waals surface area contributed by atoms with Crippen LogP contribution in [0.4, 0.5) is 0 Å². The molecule has 0 bridgehead atoms. The Morgan fingerprint density at radius 1 is 1.32 bits per heavy atom. The van der Waals surface area contributed by atoms with Crippen molar-refractivity contribution in [3.63, 3.8) is 0 Å². The average Bonchev–Trinajstić information content (AvgIpc) is 2.30. The van der Waals surface area contributed by atoms with E-state index in [1.54, 1.807) is 4.90 Å². The zero-order valence-electron chi connectivity index (χ0n) is 13.1. The third kappa shape index (κ3) is 3.48. The highest BCUT2D eigenvalue weighted by molar-refractivity contribution is 5.97. The van der Waals surface area contributed by atoms with E-state index in [0.717, 1.165) is 19.3 Å². The molecule has 1 N–H and O–H groups in total. The lowest BCUT2D eigenvalue weighted by molar-refractivity contribution is -0.154. The zero-order chi connectivity index (χ0) is 14.8. The number of carbonyl (C=O) groups is 2. The van der Waals surface area contributed by atoms with Crippen LogP contribution in [0, 0.1) is 5.41 Å². The fraction of sp³-hybridized carbons (Fsp3) is 0.867. The van der Waals surface area contributed by atoms with Gasteiger partial charge in [0.1, 0.15) is 12.1 Å². The quantitative estimate of drug-likeness (QED) is 0.850. The number of hydrogen-bond donors (Lipinski definition) is 1. The van der Waals surface area contributed by atoms with Crippen molar-refractivity contribution in [2.75, 3.05) is 0 Å². The molecule has 110 valence electrons. The molecule has 0 aromatic rings. The van der Waals surface area contributed by atoms with E-state index in [2.05, 4.69) is 12.2 Å². The number of carbonyl (C=O) groups excluding carboxylic acids is 2. The molecule has 4 heteroatoms. The third-order valence-corrected chi connectivity index (χ3v) is 3.90. The maximum Gasteiger partial charge on any atom is 0.246 e. The van der Waals surface area contributed by atoms with Gasteiger partial charge in [0, 0.05) is 6.04 Å². The summed E-state index contributed by atoms with van der Waals surface area (Å²) in [5.74, 6) is 0.0195. The van der Waals surface area contributed by atoms with Crippen LogP contribution in [0.15, 0.2) is 0 Å². The first kappa shape index (κ1) is 16.0. The number of hydrogen-bond acceptors (Lipinski definition) is 2. The van der Waals surface area contributed by atoms with Gasteiger partial charge in [-0.15, -0.1) is 0 Å². The summed E-state index contributed by atoms with van der Waals surface area (Å²) in [5, 5.41) is 2.87. The molecule has 0 spiro atoms. The van der Waals surface area contributed by atoms with E-state index in [0.29, 0.717) is 0 Å². The van der Waals surface area contributed by atoms with Gasteiger partial charge in [0.15, 0.2) is 0 Å². The summed E-state index contributed by atoms with van der Waals surface area (Å²) in [4.78, 5) is 26.5. The van der Waals surface area contributed by atoms with E-state index in [1.807, 2.05) is 34.6 Å². The molecule has 0 saturated carbocycles. The first-order chi connectivity index (χ1) is 8.70. The summed E-state index contributed by atoms with van der Waals surface area (Å²) < 4.78 is 0. The number of nitrogens with one attached hydrogen (secondary N) is 1. The molecule has 1 aliphatic rings. The van der Waals surface area contributed by atoms with E-state index in [9.17, 15) is 9.59 Å². The standard InChI is InChI=1S/C15H28N2O2/c1-7-8-9-10(2)17-11(3)13(18)16-12(14(17)19)15(4,5)6/h10-12H,7-9H2,1-6H3,(H,16,18). The van der Waals surface area contributed by atoms with Gasteiger partial charge in [0.05, 0.1) is 0 Å². The van der Waals surface area contributed by atoms with Crippen molar-refractivity contribution >= 4 is 11.8 Å². The molecule has 1 fully saturated rings. The van der Waals surface area contributed by atoms with Crippen molar-refractivity contribution in [3.8, 4) is 0 Å². The summed E-state index contributed by atoms with van der Waals surface area (Å²) in [6.07, 6.45) is 3.14. The Labute approximate surface area is 116 Å². The van der Waals surface area contributed by atoms with Gasteiger partial charge in [-0.2, -0.15) is 0 Å². The van der Waals surface area contributed by atoms with Crippen LogP contribution in [0.3, 0.4) is 0 Å². The van der Waals surface area contributed by atoms with Crippen LogP contribution < -0.4 is 5.32 Å². The van der Waals surface area contributed by atoms with Crippen LogP contribution in [0.25, 0.3) is 0 Å². The number of nitrogens with zero attached hydrogens (tertiary/aromatic N) is 1. The molecule has 1 rings (SSSR count). The Morgan fingerprint density at radius 2 is 1.89 bits per heavy atom. The predicted octanol–water partition coefficient (Wildman–Crippen LogP) is 2.33. The van der Waals surface area contributed by atoms with E-state index >= 15 is 0 Å². The van der Waals surface area contributed by atoms with Crippen LogP contribution in [0.2, 0.25) is 0 Å². The topological polar surface area (TPSA) is 49.4 Å². The Bertz CT molecular complexity index is 347. The van der Waals surface area contributed by atoms with E-state index < -0.39 is 6.04 Å². The fourth-order valence-corrected chi connectivity index (χ4v) is 2.62. The molecule has 1 saturated heterocycles. The average molecular weight is 268 g/mol. The van der Waals surface area contributed by atoms with Crippen LogP contribution in [0.5, 0.6) is 0 Å². The molecule has 1 heterocycles. The van der Waals surface area contributed by atoms with Gasteiger partial charge in [0.25, 0.3) is 0 Å². The lowest BCUT2D eigenvalue weighted by Crippen LogP contribution is -2.67. The largest absolute Gasteiger partial charge is 0.342 e. The number of amides is 2. The van der Waals surface area contributed by atoms with Gasteiger partial charge in [-0.05, 0) is 25.7 Å². The molecule has 0 aromatic heterocycles. The maximum atomic E-state index is 12.6. The highest BCUT2D eigenvalue weighted by Gasteiger charge is 2.44. The van der Waals surface area contributed by atoms with Gasteiger partial charge in [-0.1, -0.05) is 40.5 Å². The van der Waals surface area contributed by atoms with E-state index in [1.165, 1.54) is 0 Å². The molecular formula is C15H28N2O2. The van der Waals surface area contributed by atoms with Crippen molar-refractivity contribution in [3.05, 3.63) is 0 Å². The summed E-state index contributed by atoms with van der Waals surface area (Å²) >= 11 is 0. The van der Waals surface area contributed by atoms with Crippen molar-refractivity contribution in [2.45, 2.75) is 78.9 Å². The smallest absolute Gasteiger partial charge is 0.246 e. The van der Waals surface area contributed by atoms with Gasteiger partial charge in [-0.25, -0.2) is 0 Å². The van der Waals surface area contributed by atoms with Crippen LogP contribution in [-0.4, -0.2) is 34.8 Å². The molecular weight excluding hydrogens is 240 g/mol. The Morgan fingerprint density at radius 3 is 2.37 bits per heavy atom. The van der Waals surface area contributed by atoms with Crippen LogP contribution >= 0.6 is 0 Å². The van der Waals surface area contributed by atoms with Gasteiger partial charge >= 0.3 is 0 Å². The summed E-state index contributed by atoms with van der Waals surface area (Å²) in [7, 11) is 0. The molecule has 4 nitrogen and oxygen atoms in total. The molecule has 19 heavy (non-hydrogen) atoms. The lowest BCUT2D eigenvalue weighted by atomic mass is 9.83. The number of rotatable bonds is 4.